The lowest BCUT2D eigenvalue weighted by Gasteiger charge is -2.42. The molecule has 0 N–H and O–H groups in total. The maximum Gasteiger partial charge on any atom is 0.154 e. The topological polar surface area (TPSA) is 17.1 Å². The van der Waals surface area contributed by atoms with Gasteiger partial charge in [-0.25, -0.2) is 0 Å². The number of benzene rings is 2. The maximum absolute atomic E-state index is 13.8. The van der Waals surface area contributed by atoms with E-state index in [0.717, 1.165) is 31.6 Å². The summed E-state index contributed by atoms with van der Waals surface area (Å²) in [7, 11) is 0. The number of hydrogen-bond acceptors (Lipinski definition) is 1. The maximum atomic E-state index is 13.8. The molecule has 0 heterocycles. The van der Waals surface area contributed by atoms with Crippen LogP contribution in [0.3, 0.4) is 0 Å². The second kappa shape index (κ2) is 4.56. The summed E-state index contributed by atoms with van der Waals surface area (Å²) in [6.45, 7) is 0. The molecule has 2 aromatic rings. The Morgan fingerprint density at radius 3 is 2.30 bits per heavy atom. The van der Waals surface area contributed by atoms with Gasteiger partial charge >= 0.3 is 0 Å². The lowest BCUT2D eigenvalue weighted by atomic mass is 9.58. The summed E-state index contributed by atoms with van der Waals surface area (Å²) in [5.41, 5.74) is 3.47. The number of hydrogen-bond donors (Lipinski definition) is 0. The second-order valence-corrected chi connectivity index (χ2v) is 7.86. The van der Waals surface area contributed by atoms with Crippen LogP contribution in [0.4, 0.5) is 0 Å². The predicted molar refractivity (Wildman–Crippen MR) is 91.4 cm³/mol. The van der Waals surface area contributed by atoms with Crippen molar-refractivity contribution in [2.45, 2.75) is 43.9 Å². The van der Waals surface area contributed by atoms with Crippen LogP contribution in [0.25, 0.3) is 0 Å². The Hall–Kier alpha value is -1.89. The minimum absolute atomic E-state index is 0.0565. The van der Waals surface area contributed by atoms with Crippen molar-refractivity contribution in [1.82, 2.24) is 0 Å². The molecule has 0 saturated heterocycles. The zero-order chi connectivity index (χ0) is 15.5. The first-order valence-corrected chi connectivity index (χ1v) is 8.93. The smallest absolute Gasteiger partial charge is 0.154 e. The number of rotatable bonds is 3. The van der Waals surface area contributed by atoms with Gasteiger partial charge in [0.05, 0.1) is 5.41 Å². The fourth-order valence-corrected chi connectivity index (χ4v) is 4.75. The molecule has 3 aliphatic carbocycles. The van der Waals surface area contributed by atoms with Gasteiger partial charge in [0.2, 0.25) is 0 Å². The first kappa shape index (κ1) is 13.5. The van der Waals surface area contributed by atoms with Crippen LogP contribution in [0.2, 0.25) is 0 Å². The Morgan fingerprint density at radius 2 is 1.61 bits per heavy atom. The highest BCUT2D eigenvalue weighted by Crippen LogP contribution is 2.61. The Labute approximate surface area is 137 Å². The van der Waals surface area contributed by atoms with Crippen LogP contribution in [0.5, 0.6) is 0 Å². The van der Waals surface area contributed by atoms with Gasteiger partial charge in [-0.15, -0.1) is 0 Å². The second-order valence-electron chi connectivity index (χ2n) is 7.86. The largest absolute Gasteiger partial charge is 0.298 e. The van der Waals surface area contributed by atoms with Crippen LogP contribution >= 0.6 is 0 Å². The quantitative estimate of drug-likeness (QED) is 0.804. The van der Waals surface area contributed by atoms with Gasteiger partial charge in [0, 0.05) is 5.41 Å². The molecule has 0 aromatic heterocycles. The average Bonchev–Trinajstić information content (AvgIpc) is 3.50. The molecular formula is C22H22O. The van der Waals surface area contributed by atoms with Gasteiger partial charge in [0.25, 0.3) is 0 Å². The van der Waals surface area contributed by atoms with Crippen molar-refractivity contribution in [3.8, 4) is 0 Å². The zero-order valence-electron chi connectivity index (χ0n) is 13.4. The van der Waals surface area contributed by atoms with Crippen molar-refractivity contribution in [3.63, 3.8) is 0 Å². The summed E-state index contributed by atoms with van der Waals surface area (Å²) in [6.07, 6.45) is 6.71. The normalized spacial score (nSPS) is 27.7. The molecule has 5 rings (SSSR count). The summed E-state index contributed by atoms with van der Waals surface area (Å²) in [5.74, 6) is 1.24. The minimum atomic E-state index is -0.395. The summed E-state index contributed by atoms with van der Waals surface area (Å²) < 4.78 is 0. The molecule has 1 heteroatoms. The van der Waals surface area contributed by atoms with Gasteiger partial charge in [-0.2, -0.15) is 0 Å². The number of ketones is 1. The molecule has 2 saturated carbocycles. The zero-order valence-corrected chi connectivity index (χ0v) is 13.4. The molecule has 2 fully saturated rings. The SMILES string of the molecule is O=C1C2(CC2)Cc2ccccc2C1(CC1CC1)c1ccccc1. The molecule has 0 bridgehead atoms. The summed E-state index contributed by atoms with van der Waals surface area (Å²) in [4.78, 5) is 13.8. The number of Topliss-reactive ketones (excluding diaryl/α,β-unsaturated/α-hetero) is 1. The third kappa shape index (κ3) is 1.89. The van der Waals surface area contributed by atoms with Gasteiger partial charge < -0.3 is 0 Å². The molecular weight excluding hydrogens is 280 g/mol. The lowest BCUT2D eigenvalue weighted by Crippen LogP contribution is -2.47. The number of carbonyl (C=O) groups is 1. The van der Waals surface area contributed by atoms with Crippen LogP contribution < -0.4 is 0 Å². The van der Waals surface area contributed by atoms with E-state index in [1.54, 1.807) is 0 Å². The van der Waals surface area contributed by atoms with Gasteiger partial charge in [-0.1, -0.05) is 67.4 Å². The molecule has 3 aliphatic rings. The van der Waals surface area contributed by atoms with E-state index in [2.05, 4.69) is 54.6 Å². The predicted octanol–water partition coefficient (Wildman–Crippen LogP) is 4.68. The van der Waals surface area contributed by atoms with Crippen molar-refractivity contribution < 1.29 is 4.79 Å². The van der Waals surface area contributed by atoms with E-state index in [0.29, 0.717) is 5.78 Å². The fourth-order valence-electron chi connectivity index (χ4n) is 4.75. The Kier molecular flexibility index (Phi) is 2.69. The molecule has 2 aromatic carbocycles. The standard InChI is InChI=1S/C22H22O/c23-20-21(12-13-21)15-17-6-4-5-9-19(17)22(20,14-16-10-11-16)18-7-2-1-3-8-18/h1-9,16H,10-15H2. The van der Waals surface area contributed by atoms with Gasteiger partial charge in [0.1, 0.15) is 0 Å². The van der Waals surface area contributed by atoms with Crippen LogP contribution in [-0.4, -0.2) is 5.78 Å². The Bertz CT molecular complexity index is 768. The summed E-state index contributed by atoms with van der Waals surface area (Å²) in [6, 6.07) is 19.3. The van der Waals surface area contributed by atoms with Crippen LogP contribution in [-0.2, 0) is 16.6 Å². The van der Waals surface area contributed by atoms with Crippen molar-refractivity contribution in [1.29, 1.82) is 0 Å². The molecule has 1 nitrogen and oxygen atoms in total. The number of fused-ring (bicyclic) bond motifs is 1. The van der Waals surface area contributed by atoms with Crippen molar-refractivity contribution in [3.05, 3.63) is 71.3 Å². The third-order valence-corrected chi connectivity index (χ3v) is 6.29. The minimum Gasteiger partial charge on any atom is -0.298 e. The van der Waals surface area contributed by atoms with Gasteiger partial charge in [-0.3, -0.25) is 4.79 Å². The monoisotopic (exact) mass is 302 g/mol. The molecule has 0 amide bonds. The first-order valence-electron chi connectivity index (χ1n) is 8.93. The molecule has 116 valence electrons. The number of carbonyl (C=O) groups excluding carboxylic acids is 1. The van der Waals surface area contributed by atoms with Crippen LogP contribution in [0, 0.1) is 11.3 Å². The van der Waals surface area contributed by atoms with Gasteiger partial charge in [0.15, 0.2) is 5.78 Å². The summed E-state index contributed by atoms with van der Waals surface area (Å²) >= 11 is 0. The van der Waals surface area contributed by atoms with E-state index >= 15 is 0 Å². The van der Waals surface area contributed by atoms with Crippen molar-refractivity contribution >= 4 is 5.78 Å². The molecule has 1 atom stereocenters. The van der Waals surface area contributed by atoms with Crippen LogP contribution in [0.15, 0.2) is 54.6 Å². The molecule has 1 spiro atoms. The fraction of sp³-hybridized carbons (Fsp3) is 0.409. The molecule has 0 radical (unpaired) electrons. The highest BCUT2D eigenvalue weighted by molar-refractivity contribution is 6.02. The molecule has 1 unspecified atom stereocenters. The van der Waals surface area contributed by atoms with E-state index in [-0.39, 0.29) is 5.41 Å². The van der Waals surface area contributed by atoms with E-state index in [1.165, 1.54) is 29.5 Å². The highest BCUT2D eigenvalue weighted by Gasteiger charge is 2.62. The van der Waals surface area contributed by atoms with E-state index in [4.69, 9.17) is 0 Å². The lowest BCUT2D eigenvalue weighted by molar-refractivity contribution is -0.129. The molecule has 0 aliphatic heterocycles. The van der Waals surface area contributed by atoms with E-state index in [1.807, 2.05) is 0 Å². The Balaban J connectivity index is 1.78. The van der Waals surface area contributed by atoms with E-state index in [9.17, 15) is 4.79 Å². The highest BCUT2D eigenvalue weighted by atomic mass is 16.1. The van der Waals surface area contributed by atoms with E-state index < -0.39 is 5.41 Å². The molecule has 23 heavy (non-hydrogen) atoms. The van der Waals surface area contributed by atoms with Crippen LogP contribution in [0.1, 0.15) is 48.8 Å². The van der Waals surface area contributed by atoms with Crippen molar-refractivity contribution in [2.24, 2.45) is 11.3 Å². The average molecular weight is 302 g/mol. The first-order chi connectivity index (χ1) is 11.2. The summed E-state index contributed by atoms with van der Waals surface area (Å²) in [5, 5.41) is 0. The third-order valence-electron chi connectivity index (χ3n) is 6.29. The Morgan fingerprint density at radius 1 is 0.913 bits per heavy atom. The van der Waals surface area contributed by atoms with Crippen molar-refractivity contribution in [2.75, 3.05) is 0 Å². The van der Waals surface area contributed by atoms with Gasteiger partial charge in [-0.05, 0) is 48.3 Å².